The molecule has 0 saturated heterocycles. The molecule has 1 N–H and O–H groups in total. The summed E-state index contributed by atoms with van der Waals surface area (Å²) in [6.45, 7) is 12.5. The summed E-state index contributed by atoms with van der Waals surface area (Å²) in [6.07, 6.45) is 15.0. The fraction of sp³-hybridized carbons (Fsp3) is 0.966. The van der Waals surface area contributed by atoms with Gasteiger partial charge >= 0.3 is 0 Å². The Kier molecular flexibility index (Phi) is 6.86. The molecule has 0 radical (unpaired) electrons. The number of hydrogen-bond donors (Lipinski definition) is 1. The van der Waals surface area contributed by atoms with Gasteiger partial charge in [0.1, 0.15) is 0 Å². The fourth-order valence-corrected chi connectivity index (χ4v) is 9.91. The van der Waals surface area contributed by atoms with Crippen molar-refractivity contribution in [1.29, 1.82) is 5.26 Å². The summed E-state index contributed by atoms with van der Waals surface area (Å²) in [5.74, 6) is 6.06. The van der Waals surface area contributed by atoms with Crippen LogP contribution in [0.25, 0.3) is 0 Å². The van der Waals surface area contributed by atoms with Crippen LogP contribution in [0, 0.1) is 69.5 Å². The highest BCUT2D eigenvalue weighted by atomic mass is 16.3. The predicted octanol–water partition coefficient (Wildman–Crippen LogP) is 7.61. The first kappa shape index (κ1) is 23.6. The van der Waals surface area contributed by atoms with E-state index in [2.05, 4.69) is 40.7 Å². The Bertz CT molecular complexity index is 666. The van der Waals surface area contributed by atoms with Crippen molar-refractivity contribution in [1.82, 2.24) is 0 Å². The monoisotopic (exact) mass is 427 g/mol. The van der Waals surface area contributed by atoms with Crippen LogP contribution in [0.15, 0.2) is 0 Å². The minimum absolute atomic E-state index is 0.218. The summed E-state index contributed by atoms with van der Waals surface area (Å²) in [6, 6.07) is 2.42. The van der Waals surface area contributed by atoms with Crippen molar-refractivity contribution >= 4 is 0 Å². The van der Waals surface area contributed by atoms with Crippen LogP contribution >= 0.6 is 0 Å². The lowest BCUT2D eigenvalue weighted by Gasteiger charge is -2.62. The second kappa shape index (κ2) is 9.00. The highest BCUT2D eigenvalue weighted by Gasteiger charge is 2.61. The Balaban J connectivity index is 1.49. The van der Waals surface area contributed by atoms with Gasteiger partial charge in [0.2, 0.25) is 0 Å². The third-order valence-corrected chi connectivity index (χ3v) is 11.5. The van der Waals surface area contributed by atoms with Gasteiger partial charge in [0.25, 0.3) is 0 Å². The van der Waals surface area contributed by atoms with Crippen molar-refractivity contribution in [2.24, 2.45) is 58.2 Å². The smallest absolute Gasteiger partial charge is 0.0625 e. The number of nitrogens with zero attached hydrogens (tertiary/aromatic N) is 1. The SMILES string of the molecule is CC(C)CCC[C@@H](C)[C@H]1CC[C@H]2[C@@H]3CC[C@H]4[C@H](CC#N)[C@@H](O)CC[C@]4(C)[C@H]3CC[C@]12C. The molecule has 176 valence electrons. The van der Waals surface area contributed by atoms with Gasteiger partial charge in [-0.3, -0.25) is 0 Å². The molecule has 4 aliphatic rings. The molecule has 0 aromatic rings. The van der Waals surface area contributed by atoms with Gasteiger partial charge in [-0.15, -0.1) is 0 Å². The molecule has 4 aliphatic carbocycles. The van der Waals surface area contributed by atoms with E-state index in [-0.39, 0.29) is 12.0 Å². The Morgan fingerprint density at radius 2 is 1.55 bits per heavy atom. The van der Waals surface area contributed by atoms with Crippen molar-refractivity contribution in [3.63, 3.8) is 0 Å². The van der Waals surface area contributed by atoms with Crippen LogP contribution in [0.5, 0.6) is 0 Å². The minimum Gasteiger partial charge on any atom is -0.393 e. The first-order chi connectivity index (χ1) is 14.7. The number of fused-ring (bicyclic) bond motifs is 5. The lowest BCUT2D eigenvalue weighted by molar-refractivity contribution is -0.151. The Morgan fingerprint density at radius 3 is 2.26 bits per heavy atom. The third-order valence-electron chi connectivity index (χ3n) is 11.5. The topological polar surface area (TPSA) is 44.0 Å². The molecule has 0 aromatic heterocycles. The van der Waals surface area contributed by atoms with E-state index in [1.165, 1.54) is 64.2 Å². The van der Waals surface area contributed by atoms with Crippen LogP contribution in [0.1, 0.15) is 112 Å². The molecule has 4 saturated carbocycles. The molecule has 2 heteroatoms. The van der Waals surface area contributed by atoms with Gasteiger partial charge in [-0.1, -0.05) is 53.9 Å². The van der Waals surface area contributed by atoms with E-state index in [0.717, 1.165) is 41.9 Å². The Labute approximate surface area is 192 Å². The van der Waals surface area contributed by atoms with Crippen LogP contribution in [0.4, 0.5) is 0 Å². The minimum atomic E-state index is -0.245. The fourth-order valence-electron chi connectivity index (χ4n) is 9.91. The number of aliphatic hydroxyl groups excluding tert-OH is 1. The van der Waals surface area contributed by atoms with Crippen LogP contribution < -0.4 is 0 Å². The zero-order chi connectivity index (χ0) is 22.4. The van der Waals surface area contributed by atoms with Crippen LogP contribution in [0.3, 0.4) is 0 Å². The van der Waals surface area contributed by atoms with E-state index in [4.69, 9.17) is 0 Å². The first-order valence-electron chi connectivity index (χ1n) is 13.8. The highest BCUT2D eigenvalue weighted by molar-refractivity contribution is 5.11. The van der Waals surface area contributed by atoms with Crippen molar-refractivity contribution in [3.8, 4) is 6.07 Å². The molecule has 2 nitrogen and oxygen atoms in total. The van der Waals surface area contributed by atoms with Crippen LogP contribution in [-0.4, -0.2) is 11.2 Å². The molecular weight excluding hydrogens is 378 g/mol. The van der Waals surface area contributed by atoms with E-state index in [0.29, 0.717) is 23.2 Å². The quantitative estimate of drug-likeness (QED) is 0.474. The lowest BCUT2D eigenvalue weighted by Crippen LogP contribution is -2.56. The van der Waals surface area contributed by atoms with E-state index in [1.54, 1.807) is 0 Å². The molecule has 31 heavy (non-hydrogen) atoms. The molecule has 0 amide bonds. The summed E-state index contributed by atoms with van der Waals surface area (Å²) in [4.78, 5) is 0. The molecule has 10 atom stereocenters. The molecular formula is C29H49NO. The van der Waals surface area contributed by atoms with Gasteiger partial charge in [-0.25, -0.2) is 0 Å². The van der Waals surface area contributed by atoms with Gasteiger partial charge in [0.05, 0.1) is 12.2 Å². The average molecular weight is 428 g/mol. The number of hydrogen-bond acceptors (Lipinski definition) is 2. The van der Waals surface area contributed by atoms with Gasteiger partial charge in [0.15, 0.2) is 0 Å². The summed E-state index contributed by atoms with van der Waals surface area (Å²) in [5, 5.41) is 20.1. The lowest BCUT2D eigenvalue weighted by atomic mass is 9.43. The standard InChI is InChI=1S/C29H49NO/c1-19(2)7-6-8-20(3)23-11-12-24-21-9-10-25-22(15-18-30)27(31)14-17-29(25,5)26(21)13-16-28(23,24)4/h19-27,31H,6-17H2,1-5H3/t20-,21+,22+,23-,24+,25+,26+,27+,28-,29+/m1/s1. The number of aliphatic hydroxyl groups is 1. The maximum Gasteiger partial charge on any atom is 0.0625 e. The zero-order valence-electron chi connectivity index (χ0n) is 21.1. The molecule has 0 heterocycles. The normalized spacial score (nSPS) is 47.9. The number of rotatable bonds is 6. The van der Waals surface area contributed by atoms with Gasteiger partial charge in [0, 0.05) is 12.3 Å². The summed E-state index contributed by atoms with van der Waals surface area (Å²) < 4.78 is 0. The van der Waals surface area contributed by atoms with Crippen molar-refractivity contribution < 1.29 is 5.11 Å². The maximum atomic E-state index is 10.7. The largest absolute Gasteiger partial charge is 0.393 e. The highest BCUT2D eigenvalue weighted by Crippen LogP contribution is 2.69. The average Bonchev–Trinajstić information content (AvgIpc) is 3.07. The van der Waals surface area contributed by atoms with E-state index in [1.807, 2.05) is 0 Å². The Hall–Kier alpha value is -0.550. The van der Waals surface area contributed by atoms with Crippen molar-refractivity contribution in [3.05, 3.63) is 0 Å². The van der Waals surface area contributed by atoms with Gasteiger partial charge in [-0.2, -0.15) is 5.26 Å². The van der Waals surface area contributed by atoms with Crippen molar-refractivity contribution in [2.75, 3.05) is 0 Å². The van der Waals surface area contributed by atoms with E-state index in [9.17, 15) is 10.4 Å². The summed E-state index contributed by atoms with van der Waals surface area (Å²) in [5.41, 5.74) is 0.911. The zero-order valence-corrected chi connectivity index (χ0v) is 21.1. The first-order valence-corrected chi connectivity index (χ1v) is 13.8. The predicted molar refractivity (Wildman–Crippen MR) is 128 cm³/mol. The Morgan fingerprint density at radius 1 is 0.871 bits per heavy atom. The van der Waals surface area contributed by atoms with Gasteiger partial charge < -0.3 is 5.11 Å². The molecule has 4 rings (SSSR count). The van der Waals surface area contributed by atoms with Crippen molar-refractivity contribution in [2.45, 2.75) is 118 Å². The second-order valence-electron chi connectivity index (χ2n) is 13.2. The van der Waals surface area contributed by atoms with Crippen LogP contribution in [0.2, 0.25) is 0 Å². The van der Waals surface area contributed by atoms with Gasteiger partial charge in [-0.05, 0) is 104 Å². The second-order valence-corrected chi connectivity index (χ2v) is 13.2. The molecule has 0 spiro atoms. The van der Waals surface area contributed by atoms with E-state index >= 15 is 0 Å². The van der Waals surface area contributed by atoms with Crippen LogP contribution in [-0.2, 0) is 0 Å². The summed E-state index contributed by atoms with van der Waals surface area (Å²) >= 11 is 0. The maximum absolute atomic E-state index is 10.7. The molecule has 0 aromatic carbocycles. The third kappa shape index (κ3) is 4.00. The molecule has 0 bridgehead atoms. The molecule has 0 aliphatic heterocycles. The van der Waals surface area contributed by atoms with E-state index < -0.39 is 0 Å². The summed E-state index contributed by atoms with van der Waals surface area (Å²) in [7, 11) is 0. The molecule has 0 unspecified atom stereocenters. The number of nitriles is 1. The molecule has 4 fully saturated rings.